The molecular weight excluding hydrogens is 675 g/mol. The monoisotopic (exact) mass is 727 g/mol. The molecule has 0 heterocycles. The largest absolute Gasteiger partial charge is 0.310 e. The van der Waals surface area contributed by atoms with Crippen molar-refractivity contribution < 1.29 is 0 Å². The van der Waals surface area contributed by atoms with Crippen LogP contribution in [0.1, 0.15) is 112 Å². The van der Waals surface area contributed by atoms with E-state index in [0.717, 1.165) is 0 Å². The second kappa shape index (κ2) is 14.6. The van der Waals surface area contributed by atoms with E-state index in [2.05, 4.69) is 170 Å². The van der Waals surface area contributed by atoms with Crippen molar-refractivity contribution in [1.29, 1.82) is 0 Å². The van der Waals surface area contributed by atoms with Crippen LogP contribution in [0, 0.1) is 0 Å². The molecule has 0 unspecified atom stereocenters. The highest BCUT2D eigenvalue weighted by Gasteiger charge is 2.35. The fourth-order valence-electron chi connectivity index (χ4n) is 10.5. The van der Waals surface area contributed by atoms with Gasteiger partial charge in [-0.3, -0.25) is 0 Å². The molecule has 0 spiro atoms. The van der Waals surface area contributed by atoms with Crippen molar-refractivity contribution in [2.75, 3.05) is 4.90 Å². The van der Waals surface area contributed by atoms with Gasteiger partial charge in [0.2, 0.25) is 0 Å². The van der Waals surface area contributed by atoms with Crippen molar-refractivity contribution in [3.63, 3.8) is 0 Å². The van der Waals surface area contributed by atoms with Crippen LogP contribution in [0.15, 0.2) is 152 Å². The van der Waals surface area contributed by atoms with E-state index in [1.54, 1.807) is 0 Å². The van der Waals surface area contributed by atoms with Gasteiger partial charge in [0, 0.05) is 22.4 Å². The van der Waals surface area contributed by atoms with Crippen LogP contribution in [-0.2, 0) is 5.41 Å². The lowest BCUT2D eigenvalue weighted by atomic mass is 9.81. The van der Waals surface area contributed by atoms with E-state index in [9.17, 15) is 0 Å². The molecule has 0 bridgehead atoms. The second-order valence-corrected chi connectivity index (χ2v) is 17.4. The average molecular weight is 728 g/mol. The van der Waals surface area contributed by atoms with Crippen molar-refractivity contribution in [3.05, 3.63) is 174 Å². The lowest BCUT2D eigenvalue weighted by Gasteiger charge is -2.30. The number of rotatable bonds is 7. The maximum Gasteiger partial charge on any atom is 0.0546 e. The Morgan fingerprint density at radius 1 is 0.411 bits per heavy atom. The lowest BCUT2D eigenvalue weighted by molar-refractivity contribution is 0.443. The molecule has 3 aliphatic carbocycles. The smallest absolute Gasteiger partial charge is 0.0546 e. The van der Waals surface area contributed by atoms with Gasteiger partial charge in [0.05, 0.1) is 5.69 Å². The highest BCUT2D eigenvalue weighted by atomic mass is 15.1. The Morgan fingerprint density at radius 3 is 1.62 bits per heavy atom. The molecule has 1 heteroatoms. The van der Waals surface area contributed by atoms with Gasteiger partial charge in [-0.05, 0) is 147 Å². The lowest BCUT2D eigenvalue weighted by Crippen LogP contribution is -2.15. The fourth-order valence-corrected chi connectivity index (χ4v) is 10.5. The third kappa shape index (κ3) is 6.36. The fraction of sp³-hybridized carbons (Fsp3) is 0.273. The summed E-state index contributed by atoms with van der Waals surface area (Å²) >= 11 is 0. The predicted octanol–water partition coefficient (Wildman–Crippen LogP) is 16.0. The second-order valence-electron chi connectivity index (χ2n) is 17.4. The topological polar surface area (TPSA) is 3.24 Å². The zero-order valence-corrected chi connectivity index (χ0v) is 33.1. The normalized spacial score (nSPS) is 16.8. The third-order valence-electron chi connectivity index (χ3n) is 13.7. The summed E-state index contributed by atoms with van der Waals surface area (Å²) in [4.78, 5) is 2.55. The molecule has 0 aromatic heterocycles. The van der Waals surface area contributed by atoms with Crippen LogP contribution in [0.3, 0.4) is 0 Å². The van der Waals surface area contributed by atoms with Crippen molar-refractivity contribution in [1.82, 2.24) is 0 Å². The van der Waals surface area contributed by atoms with Crippen LogP contribution >= 0.6 is 0 Å². The zero-order valence-electron chi connectivity index (χ0n) is 33.1. The third-order valence-corrected chi connectivity index (χ3v) is 13.7. The molecule has 10 rings (SSSR count). The van der Waals surface area contributed by atoms with Crippen LogP contribution in [0.2, 0.25) is 0 Å². The SMILES string of the molecule is CC1(C)c2ccccc2-c2ccc(-c3cc4ccc(-c5ccccc5)cc4cc3N(c3ccc(C4CCCCC4)cc3)c3ccc(C4CCCCC4)cc3)cc21. The number of fused-ring (bicyclic) bond motifs is 4. The van der Waals surface area contributed by atoms with E-state index in [0.29, 0.717) is 11.8 Å². The van der Waals surface area contributed by atoms with Gasteiger partial charge in [0.1, 0.15) is 0 Å². The summed E-state index contributed by atoms with van der Waals surface area (Å²) in [5.74, 6) is 1.35. The molecule has 7 aromatic carbocycles. The molecule has 0 aliphatic heterocycles. The summed E-state index contributed by atoms with van der Waals surface area (Å²) in [6.07, 6.45) is 13.4. The number of anilines is 3. The number of benzene rings is 7. The summed E-state index contributed by atoms with van der Waals surface area (Å²) in [5, 5.41) is 2.51. The minimum absolute atomic E-state index is 0.0763. The zero-order chi connectivity index (χ0) is 37.6. The summed E-state index contributed by atoms with van der Waals surface area (Å²) in [7, 11) is 0. The molecule has 3 aliphatic rings. The van der Waals surface area contributed by atoms with Gasteiger partial charge in [-0.15, -0.1) is 0 Å². The molecule has 0 radical (unpaired) electrons. The Morgan fingerprint density at radius 2 is 0.982 bits per heavy atom. The molecule has 0 saturated heterocycles. The van der Waals surface area contributed by atoms with Crippen LogP contribution in [0.4, 0.5) is 17.1 Å². The van der Waals surface area contributed by atoms with Gasteiger partial charge in [0.25, 0.3) is 0 Å². The van der Waals surface area contributed by atoms with E-state index in [4.69, 9.17) is 0 Å². The Labute approximate surface area is 334 Å². The van der Waals surface area contributed by atoms with Gasteiger partial charge in [-0.1, -0.05) is 156 Å². The van der Waals surface area contributed by atoms with Crippen molar-refractivity contribution in [3.8, 4) is 33.4 Å². The van der Waals surface area contributed by atoms with Crippen molar-refractivity contribution in [2.45, 2.75) is 95.3 Å². The van der Waals surface area contributed by atoms with Gasteiger partial charge < -0.3 is 4.90 Å². The Balaban J connectivity index is 1.17. The van der Waals surface area contributed by atoms with E-state index < -0.39 is 0 Å². The van der Waals surface area contributed by atoms with Gasteiger partial charge >= 0.3 is 0 Å². The molecule has 0 amide bonds. The van der Waals surface area contributed by atoms with Crippen molar-refractivity contribution >= 4 is 27.8 Å². The van der Waals surface area contributed by atoms with E-state index in [1.165, 1.54) is 148 Å². The maximum absolute atomic E-state index is 2.55. The number of hydrogen-bond acceptors (Lipinski definition) is 1. The van der Waals surface area contributed by atoms with E-state index in [1.807, 2.05) is 0 Å². The van der Waals surface area contributed by atoms with Gasteiger partial charge in [-0.2, -0.15) is 0 Å². The molecule has 56 heavy (non-hydrogen) atoms. The van der Waals surface area contributed by atoms with Crippen LogP contribution in [0.25, 0.3) is 44.2 Å². The standard InChI is InChI=1S/C55H53N/c1-55(2)52-21-13-12-20-49(52)50-33-28-45(36-53(50)55)51-35-44-23-22-43(40-18-10-5-11-19-40)34-46(44)37-54(51)56(47-29-24-41(25-30-47)38-14-6-3-7-15-38)48-31-26-42(27-32-48)39-16-8-4-9-17-39/h5,10-13,18-39H,3-4,6-9,14-17H2,1-2H3. The Hall–Kier alpha value is -5.40. The summed E-state index contributed by atoms with van der Waals surface area (Å²) in [5.41, 5.74) is 17.1. The molecule has 7 aromatic rings. The molecule has 0 N–H and O–H groups in total. The first kappa shape index (κ1) is 35.0. The Bertz CT molecular complexity index is 2430. The maximum atomic E-state index is 2.55. The molecular formula is C55H53N. The van der Waals surface area contributed by atoms with Crippen molar-refractivity contribution in [2.24, 2.45) is 0 Å². The quantitative estimate of drug-likeness (QED) is 0.158. The van der Waals surface area contributed by atoms with E-state index >= 15 is 0 Å². The van der Waals surface area contributed by atoms with E-state index in [-0.39, 0.29) is 5.41 Å². The number of hydrogen-bond donors (Lipinski definition) is 0. The predicted molar refractivity (Wildman–Crippen MR) is 239 cm³/mol. The van der Waals surface area contributed by atoms with Gasteiger partial charge in [0.15, 0.2) is 0 Å². The first-order valence-electron chi connectivity index (χ1n) is 21.4. The first-order chi connectivity index (χ1) is 27.5. The molecule has 2 fully saturated rings. The highest BCUT2D eigenvalue weighted by molar-refractivity contribution is 6.00. The Kier molecular flexibility index (Phi) is 9.13. The summed E-state index contributed by atoms with van der Waals surface area (Å²) in [6.45, 7) is 4.78. The summed E-state index contributed by atoms with van der Waals surface area (Å²) < 4.78 is 0. The first-order valence-corrected chi connectivity index (χ1v) is 21.4. The van der Waals surface area contributed by atoms with Crippen LogP contribution < -0.4 is 4.90 Å². The van der Waals surface area contributed by atoms with Gasteiger partial charge in [-0.25, -0.2) is 0 Å². The average Bonchev–Trinajstić information content (AvgIpc) is 3.50. The summed E-state index contributed by atoms with van der Waals surface area (Å²) in [6, 6.07) is 58.3. The minimum atomic E-state index is -0.0763. The molecule has 1 nitrogen and oxygen atoms in total. The van der Waals surface area contributed by atoms with Crippen LogP contribution in [0.5, 0.6) is 0 Å². The molecule has 278 valence electrons. The highest BCUT2D eigenvalue weighted by Crippen LogP contribution is 2.51. The minimum Gasteiger partial charge on any atom is -0.310 e. The molecule has 0 atom stereocenters. The molecule has 2 saturated carbocycles. The van der Waals surface area contributed by atoms with Crippen LogP contribution in [-0.4, -0.2) is 0 Å². The number of nitrogens with zero attached hydrogens (tertiary/aromatic N) is 1.